The summed E-state index contributed by atoms with van der Waals surface area (Å²) in [6.45, 7) is -1.40. The summed E-state index contributed by atoms with van der Waals surface area (Å²) in [6, 6.07) is 35.0. The van der Waals surface area contributed by atoms with Crippen molar-refractivity contribution in [2.75, 3.05) is 6.61 Å². The van der Waals surface area contributed by atoms with E-state index in [4.69, 9.17) is 23.0 Å². The molecule has 3 atom stereocenters. The first kappa shape index (κ1) is 33.6. The predicted molar refractivity (Wildman–Crippen MR) is 158 cm³/mol. The Bertz CT molecular complexity index is 1360. The minimum absolute atomic E-state index is 0.134. The quantitative estimate of drug-likeness (QED) is 0.120. The Kier molecular flexibility index (Phi) is 12.7. The van der Waals surface area contributed by atoms with Gasteiger partial charge in [0.05, 0.1) is 33.0 Å². The van der Waals surface area contributed by atoms with E-state index in [1.54, 1.807) is 109 Å². The number of phosphoric acid groups is 1. The summed E-state index contributed by atoms with van der Waals surface area (Å²) in [6.07, 6.45) is -11.5. The van der Waals surface area contributed by atoms with Gasteiger partial charge in [0.25, 0.3) is 0 Å². The molecule has 0 aliphatic carbocycles. The first-order chi connectivity index (χ1) is 21.2. The molecule has 0 heterocycles. The van der Waals surface area contributed by atoms with Crippen LogP contribution in [0.2, 0.25) is 0 Å². The highest BCUT2D eigenvalue weighted by Gasteiger charge is 2.48. The highest BCUT2D eigenvalue weighted by molar-refractivity contribution is 7.48. The number of ether oxygens (including phenoxy) is 2. The number of halogens is 3. The molecule has 0 aliphatic heterocycles. The molecule has 44 heavy (non-hydrogen) atoms. The van der Waals surface area contributed by atoms with E-state index in [2.05, 4.69) is 0 Å². The molecule has 1 unspecified atom stereocenters. The third kappa shape index (κ3) is 11.0. The number of rotatable bonds is 17. The van der Waals surface area contributed by atoms with Crippen LogP contribution < -0.4 is 0 Å². The molecule has 0 saturated heterocycles. The van der Waals surface area contributed by atoms with Crippen LogP contribution in [-0.4, -0.2) is 36.2 Å². The van der Waals surface area contributed by atoms with Gasteiger partial charge in [-0.25, -0.2) is 4.57 Å². The normalized spacial score (nSPS) is 14.2. The zero-order chi connectivity index (χ0) is 31.3. The largest absolute Gasteiger partial charge is 0.475 e. The molecule has 0 radical (unpaired) electrons. The maximum atomic E-state index is 13.9. The molecule has 0 aromatic heterocycles. The van der Waals surface area contributed by atoms with Gasteiger partial charge in [-0.15, -0.1) is 0 Å². The number of aliphatic hydroxyl groups is 1. The number of hydrogen-bond acceptors (Lipinski definition) is 7. The summed E-state index contributed by atoms with van der Waals surface area (Å²) >= 11 is 0. The molecular formula is C33H34F3O7P. The number of phosphoric ester groups is 1. The van der Waals surface area contributed by atoms with Gasteiger partial charge in [-0.3, -0.25) is 13.6 Å². The van der Waals surface area contributed by atoms with Crippen LogP contribution in [0, 0.1) is 0 Å². The molecule has 4 aromatic carbocycles. The molecule has 7 nitrogen and oxygen atoms in total. The van der Waals surface area contributed by atoms with Gasteiger partial charge in [0.2, 0.25) is 0 Å². The van der Waals surface area contributed by atoms with E-state index in [1.807, 2.05) is 12.1 Å². The van der Waals surface area contributed by atoms with Gasteiger partial charge >= 0.3 is 14.0 Å². The van der Waals surface area contributed by atoms with Crippen molar-refractivity contribution >= 4 is 7.82 Å². The second-order valence-electron chi connectivity index (χ2n) is 9.84. The molecule has 11 heteroatoms. The Morgan fingerprint density at radius 2 is 0.932 bits per heavy atom. The molecule has 234 valence electrons. The second-order valence-corrected chi connectivity index (χ2v) is 11.5. The molecule has 0 saturated carbocycles. The van der Waals surface area contributed by atoms with Crippen molar-refractivity contribution in [2.24, 2.45) is 0 Å². The summed E-state index contributed by atoms with van der Waals surface area (Å²) in [4.78, 5) is 0. The first-order valence-electron chi connectivity index (χ1n) is 13.9. The maximum absolute atomic E-state index is 13.9. The standard InChI is InChI=1S/C33H34F3O7P/c34-33(35,36)32(37)31(40-22-27-15-7-2-8-16-27)30(39-21-26-13-5-1-6-14-26)25-43-44(38,41-23-28-17-9-3-10-18-28)42-24-29-19-11-4-12-20-29/h1-20,30-32,37H,21-25H2/t30-,31+,32?/m1/s1. The number of alkyl halides is 3. The molecule has 0 amide bonds. The highest BCUT2D eigenvalue weighted by Crippen LogP contribution is 2.51. The summed E-state index contributed by atoms with van der Waals surface area (Å²) in [5.41, 5.74) is 2.59. The fourth-order valence-electron chi connectivity index (χ4n) is 4.10. The Balaban J connectivity index is 1.57. The lowest BCUT2D eigenvalue weighted by Gasteiger charge is -2.32. The Morgan fingerprint density at radius 1 is 0.568 bits per heavy atom. The summed E-state index contributed by atoms with van der Waals surface area (Å²) < 4.78 is 84.0. The molecule has 4 aromatic rings. The average molecular weight is 631 g/mol. The molecule has 4 rings (SSSR count). The number of aliphatic hydroxyl groups excluding tert-OH is 1. The number of hydrogen-bond donors (Lipinski definition) is 1. The van der Waals surface area contributed by atoms with Crippen molar-refractivity contribution in [2.45, 2.75) is 50.9 Å². The van der Waals surface area contributed by atoms with E-state index in [0.717, 1.165) is 0 Å². The van der Waals surface area contributed by atoms with E-state index in [1.165, 1.54) is 0 Å². The monoisotopic (exact) mass is 630 g/mol. The molecule has 1 N–H and O–H groups in total. The smallest absolute Gasteiger partial charge is 0.381 e. The summed E-state index contributed by atoms with van der Waals surface area (Å²) in [5.74, 6) is 0. The minimum Gasteiger partial charge on any atom is -0.381 e. The van der Waals surface area contributed by atoms with Crippen LogP contribution in [0.3, 0.4) is 0 Å². The third-order valence-electron chi connectivity index (χ3n) is 6.47. The van der Waals surface area contributed by atoms with Crippen LogP contribution in [0.5, 0.6) is 0 Å². The van der Waals surface area contributed by atoms with Crippen molar-refractivity contribution in [1.82, 2.24) is 0 Å². The van der Waals surface area contributed by atoms with Crippen LogP contribution in [0.15, 0.2) is 121 Å². The van der Waals surface area contributed by atoms with Gasteiger partial charge in [0.15, 0.2) is 6.10 Å². The Hall–Kier alpha value is -3.34. The molecule has 0 spiro atoms. The lowest BCUT2D eigenvalue weighted by molar-refractivity contribution is -0.258. The van der Waals surface area contributed by atoms with Crippen molar-refractivity contribution in [3.05, 3.63) is 144 Å². The molecule has 0 bridgehead atoms. The lowest BCUT2D eigenvalue weighted by Crippen LogP contribution is -2.50. The fourth-order valence-corrected chi connectivity index (χ4v) is 5.27. The van der Waals surface area contributed by atoms with Gasteiger partial charge in [-0.2, -0.15) is 13.2 Å². The van der Waals surface area contributed by atoms with E-state index in [-0.39, 0.29) is 26.4 Å². The second kappa shape index (κ2) is 16.7. The van der Waals surface area contributed by atoms with Crippen LogP contribution in [0.25, 0.3) is 0 Å². The predicted octanol–water partition coefficient (Wildman–Crippen LogP) is 7.64. The van der Waals surface area contributed by atoms with Crippen molar-refractivity contribution in [3.8, 4) is 0 Å². The van der Waals surface area contributed by atoms with Gasteiger partial charge in [-0.1, -0.05) is 121 Å². The SMILES string of the molecule is O=P(OCc1ccccc1)(OCc1ccccc1)OC[C@@H](OCc1ccccc1)[C@H](OCc1ccccc1)C(O)C(F)(F)F. The molecular weight excluding hydrogens is 596 g/mol. The topological polar surface area (TPSA) is 83.5 Å². The van der Waals surface area contributed by atoms with Gasteiger partial charge < -0.3 is 14.6 Å². The Labute approximate surface area is 254 Å². The highest BCUT2D eigenvalue weighted by atomic mass is 31.2. The Morgan fingerprint density at radius 3 is 1.32 bits per heavy atom. The third-order valence-corrected chi connectivity index (χ3v) is 7.82. The lowest BCUT2D eigenvalue weighted by atomic mass is 10.1. The van der Waals surface area contributed by atoms with Crippen LogP contribution in [-0.2, 0) is 54.0 Å². The first-order valence-corrected chi connectivity index (χ1v) is 15.4. The fraction of sp³-hybridized carbons (Fsp3) is 0.273. The van der Waals surface area contributed by atoms with Gasteiger partial charge in [-0.05, 0) is 22.3 Å². The van der Waals surface area contributed by atoms with Gasteiger partial charge in [0.1, 0.15) is 12.2 Å². The van der Waals surface area contributed by atoms with E-state index in [0.29, 0.717) is 22.3 Å². The summed E-state index contributed by atoms with van der Waals surface area (Å²) in [5, 5.41) is 10.4. The van der Waals surface area contributed by atoms with E-state index in [9.17, 15) is 22.8 Å². The molecule has 0 aliphatic rings. The van der Waals surface area contributed by atoms with E-state index < -0.39 is 38.9 Å². The minimum atomic E-state index is -5.05. The zero-order valence-corrected chi connectivity index (χ0v) is 24.7. The van der Waals surface area contributed by atoms with Crippen molar-refractivity contribution in [3.63, 3.8) is 0 Å². The van der Waals surface area contributed by atoms with Crippen molar-refractivity contribution in [1.29, 1.82) is 0 Å². The maximum Gasteiger partial charge on any atom is 0.475 e. The molecule has 0 fully saturated rings. The van der Waals surface area contributed by atoms with Gasteiger partial charge in [0, 0.05) is 0 Å². The van der Waals surface area contributed by atoms with E-state index >= 15 is 0 Å². The zero-order valence-electron chi connectivity index (χ0n) is 23.8. The summed E-state index contributed by atoms with van der Waals surface area (Å²) in [7, 11) is -4.39. The number of benzene rings is 4. The van der Waals surface area contributed by atoms with Crippen molar-refractivity contribution < 1.29 is 45.9 Å². The van der Waals surface area contributed by atoms with Crippen LogP contribution >= 0.6 is 7.82 Å². The van der Waals surface area contributed by atoms with Crippen LogP contribution in [0.4, 0.5) is 13.2 Å². The van der Waals surface area contributed by atoms with Crippen LogP contribution in [0.1, 0.15) is 22.3 Å². The average Bonchev–Trinajstić information content (AvgIpc) is 3.05.